The molecule has 2 unspecified atom stereocenters. The quantitative estimate of drug-likeness (QED) is 0.895. The summed E-state index contributed by atoms with van der Waals surface area (Å²) in [6.07, 6.45) is 4.78. The maximum absolute atomic E-state index is 13.5. The van der Waals surface area contributed by atoms with Crippen LogP contribution < -0.4 is 5.73 Å². The van der Waals surface area contributed by atoms with Crippen molar-refractivity contribution >= 4 is 0 Å². The summed E-state index contributed by atoms with van der Waals surface area (Å²) in [6.45, 7) is 0.786. The molecular formula is C14H19F2NO. The first-order valence-electron chi connectivity index (χ1n) is 6.49. The van der Waals surface area contributed by atoms with Crippen LogP contribution in [0.5, 0.6) is 0 Å². The largest absolute Gasteiger partial charge is 0.378 e. The van der Waals surface area contributed by atoms with E-state index >= 15 is 0 Å². The van der Waals surface area contributed by atoms with Crippen molar-refractivity contribution in [1.82, 2.24) is 0 Å². The molecule has 2 nitrogen and oxygen atoms in total. The molecule has 1 heterocycles. The molecule has 0 spiro atoms. The summed E-state index contributed by atoms with van der Waals surface area (Å²) in [7, 11) is 0. The molecular weight excluding hydrogens is 236 g/mol. The number of halogens is 2. The summed E-state index contributed by atoms with van der Waals surface area (Å²) in [5, 5.41) is 0. The highest BCUT2D eigenvalue weighted by Crippen LogP contribution is 2.25. The van der Waals surface area contributed by atoms with E-state index in [-0.39, 0.29) is 11.7 Å². The maximum atomic E-state index is 13.5. The Bertz CT molecular complexity index is 371. The van der Waals surface area contributed by atoms with Crippen LogP contribution in [0.1, 0.15) is 43.7 Å². The smallest absolute Gasteiger partial charge is 0.130 e. The number of rotatable bonds is 4. The zero-order valence-electron chi connectivity index (χ0n) is 10.4. The van der Waals surface area contributed by atoms with Crippen molar-refractivity contribution in [2.45, 2.75) is 44.2 Å². The number of benzene rings is 1. The van der Waals surface area contributed by atoms with Crippen molar-refractivity contribution in [1.29, 1.82) is 0 Å². The van der Waals surface area contributed by atoms with Crippen molar-refractivity contribution in [3.63, 3.8) is 0 Å². The van der Waals surface area contributed by atoms with E-state index in [0.717, 1.165) is 32.3 Å². The van der Waals surface area contributed by atoms with Crippen molar-refractivity contribution < 1.29 is 13.5 Å². The first kappa shape index (κ1) is 13.4. The van der Waals surface area contributed by atoms with Crippen LogP contribution >= 0.6 is 0 Å². The van der Waals surface area contributed by atoms with Crippen LogP contribution in [-0.4, -0.2) is 12.7 Å². The van der Waals surface area contributed by atoms with Crippen LogP contribution in [0.2, 0.25) is 0 Å². The summed E-state index contributed by atoms with van der Waals surface area (Å²) < 4.78 is 32.6. The van der Waals surface area contributed by atoms with Gasteiger partial charge in [-0.15, -0.1) is 0 Å². The fraction of sp³-hybridized carbons (Fsp3) is 0.571. The summed E-state index contributed by atoms with van der Waals surface area (Å²) in [6, 6.07) is 3.24. The summed E-state index contributed by atoms with van der Waals surface area (Å²) >= 11 is 0. The molecule has 0 saturated carbocycles. The molecule has 2 atom stereocenters. The molecule has 1 aromatic rings. The van der Waals surface area contributed by atoms with Crippen molar-refractivity contribution in [2.24, 2.45) is 5.73 Å². The van der Waals surface area contributed by atoms with Gasteiger partial charge in [-0.2, -0.15) is 0 Å². The molecule has 0 aliphatic carbocycles. The zero-order chi connectivity index (χ0) is 13.0. The Morgan fingerprint density at radius 3 is 2.61 bits per heavy atom. The number of ether oxygens (including phenoxy) is 1. The summed E-state index contributed by atoms with van der Waals surface area (Å²) in [5.74, 6) is -1.13. The molecule has 18 heavy (non-hydrogen) atoms. The minimum absolute atomic E-state index is 0.00619. The predicted molar refractivity (Wildman–Crippen MR) is 66.1 cm³/mol. The fourth-order valence-electron chi connectivity index (χ4n) is 2.41. The molecule has 0 bridgehead atoms. The van der Waals surface area contributed by atoms with Gasteiger partial charge in [-0.3, -0.25) is 0 Å². The topological polar surface area (TPSA) is 35.2 Å². The van der Waals surface area contributed by atoms with Gasteiger partial charge >= 0.3 is 0 Å². The van der Waals surface area contributed by atoms with E-state index in [1.54, 1.807) is 0 Å². The highest BCUT2D eigenvalue weighted by atomic mass is 19.1. The lowest BCUT2D eigenvalue weighted by Crippen LogP contribution is -2.22. The maximum Gasteiger partial charge on any atom is 0.130 e. The number of hydrogen-bond acceptors (Lipinski definition) is 2. The third-order valence-corrected chi connectivity index (χ3v) is 3.44. The molecule has 1 aliphatic rings. The fourth-order valence-corrected chi connectivity index (χ4v) is 2.41. The van der Waals surface area contributed by atoms with Crippen LogP contribution in [0.15, 0.2) is 18.2 Å². The predicted octanol–water partition coefficient (Wildman–Crippen LogP) is 3.31. The minimum Gasteiger partial charge on any atom is -0.378 e. The second kappa shape index (κ2) is 6.25. The van der Waals surface area contributed by atoms with Gasteiger partial charge in [0.15, 0.2) is 0 Å². The molecule has 4 heteroatoms. The second-order valence-electron chi connectivity index (χ2n) is 4.81. The highest BCUT2D eigenvalue weighted by Gasteiger charge is 2.19. The molecule has 2 rings (SSSR count). The Hall–Kier alpha value is -1.00. The summed E-state index contributed by atoms with van der Waals surface area (Å²) in [4.78, 5) is 0. The van der Waals surface area contributed by atoms with Crippen LogP contribution in [0.3, 0.4) is 0 Å². The van der Waals surface area contributed by atoms with Gasteiger partial charge in [-0.05, 0) is 44.2 Å². The van der Waals surface area contributed by atoms with E-state index in [4.69, 9.17) is 10.5 Å². The third-order valence-electron chi connectivity index (χ3n) is 3.44. The van der Waals surface area contributed by atoms with Crippen LogP contribution in [0.25, 0.3) is 0 Å². The molecule has 1 aliphatic heterocycles. The Labute approximate surface area is 106 Å². The molecule has 0 aromatic heterocycles. The SMILES string of the molecule is NC(CCC1CCCCO1)c1c(F)cccc1F. The van der Waals surface area contributed by atoms with Gasteiger partial charge in [0.05, 0.1) is 6.10 Å². The highest BCUT2D eigenvalue weighted by molar-refractivity contribution is 5.22. The van der Waals surface area contributed by atoms with Gasteiger partial charge in [0.1, 0.15) is 11.6 Å². The first-order chi connectivity index (χ1) is 8.68. The van der Waals surface area contributed by atoms with E-state index in [9.17, 15) is 8.78 Å². The van der Waals surface area contributed by atoms with Crippen LogP contribution in [0.4, 0.5) is 8.78 Å². The standard InChI is InChI=1S/C14H19F2NO/c15-11-5-3-6-12(16)14(11)13(17)8-7-10-4-1-2-9-18-10/h3,5-6,10,13H,1-2,4,7-9,17H2. The molecule has 100 valence electrons. The van der Waals surface area contributed by atoms with Gasteiger partial charge in [0, 0.05) is 18.2 Å². The molecule has 1 saturated heterocycles. The van der Waals surface area contributed by atoms with Gasteiger partial charge in [0.25, 0.3) is 0 Å². The Kier molecular flexibility index (Phi) is 4.66. The molecule has 0 amide bonds. The summed E-state index contributed by atoms with van der Waals surface area (Å²) in [5.41, 5.74) is 5.87. The monoisotopic (exact) mass is 255 g/mol. The van der Waals surface area contributed by atoms with Gasteiger partial charge in [0.2, 0.25) is 0 Å². The van der Waals surface area contributed by atoms with E-state index in [1.165, 1.54) is 18.2 Å². The van der Waals surface area contributed by atoms with Crippen molar-refractivity contribution in [3.05, 3.63) is 35.4 Å². The molecule has 0 radical (unpaired) electrons. The normalized spacial score (nSPS) is 21.8. The minimum atomic E-state index is -0.600. The van der Waals surface area contributed by atoms with E-state index < -0.39 is 17.7 Å². The van der Waals surface area contributed by atoms with Gasteiger partial charge in [-0.1, -0.05) is 6.07 Å². The lowest BCUT2D eigenvalue weighted by Gasteiger charge is -2.24. The molecule has 2 N–H and O–H groups in total. The Morgan fingerprint density at radius 1 is 1.28 bits per heavy atom. The lowest BCUT2D eigenvalue weighted by molar-refractivity contribution is 0.00902. The van der Waals surface area contributed by atoms with E-state index in [0.29, 0.717) is 6.42 Å². The van der Waals surface area contributed by atoms with Gasteiger partial charge < -0.3 is 10.5 Å². The van der Waals surface area contributed by atoms with Crippen molar-refractivity contribution in [3.8, 4) is 0 Å². The number of nitrogens with two attached hydrogens (primary N) is 1. The molecule has 1 fully saturated rings. The van der Waals surface area contributed by atoms with Crippen LogP contribution in [-0.2, 0) is 4.74 Å². The van der Waals surface area contributed by atoms with E-state index in [1.807, 2.05) is 0 Å². The number of hydrogen-bond donors (Lipinski definition) is 1. The molecule has 1 aromatic carbocycles. The third kappa shape index (κ3) is 3.27. The first-order valence-corrected chi connectivity index (χ1v) is 6.49. The Morgan fingerprint density at radius 2 is 2.00 bits per heavy atom. The second-order valence-corrected chi connectivity index (χ2v) is 4.81. The van der Waals surface area contributed by atoms with E-state index in [2.05, 4.69) is 0 Å². The lowest BCUT2D eigenvalue weighted by atomic mass is 9.97. The Balaban J connectivity index is 1.92. The average molecular weight is 255 g/mol. The average Bonchev–Trinajstić information content (AvgIpc) is 2.37. The van der Waals surface area contributed by atoms with Gasteiger partial charge in [-0.25, -0.2) is 8.78 Å². The van der Waals surface area contributed by atoms with Crippen molar-refractivity contribution in [2.75, 3.05) is 6.61 Å². The van der Waals surface area contributed by atoms with Crippen LogP contribution in [0, 0.1) is 11.6 Å². The zero-order valence-corrected chi connectivity index (χ0v) is 10.4.